The molecular weight excluding hydrogens is 271 g/mol. The van der Waals surface area contributed by atoms with Crippen molar-refractivity contribution in [1.82, 2.24) is 10.6 Å². The third kappa shape index (κ3) is 2.66. The summed E-state index contributed by atoms with van der Waals surface area (Å²) in [6, 6.07) is 6.77. The van der Waals surface area contributed by atoms with Gasteiger partial charge in [0.1, 0.15) is 5.54 Å². The van der Waals surface area contributed by atoms with Gasteiger partial charge < -0.3 is 15.4 Å². The molecule has 3 amide bonds. The normalized spacial score (nSPS) is 27.2. The van der Waals surface area contributed by atoms with E-state index < -0.39 is 18.7 Å². The quantitative estimate of drug-likeness (QED) is 0.434. The smallest absolute Gasteiger partial charge is 0.423 e. The van der Waals surface area contributed by atoms with Crippen molar-refractivity contribution >= 4 is 24.5 Å². The van der Waals surface area contributed by atoms with Gasteiger partial charge in [0, 0.05) is 0 Å². The van der Waals surface area contributed by atoms with Crippen molar-refractivity contribution in [1.29, 1.82) is 0 Å². The summed E-state index contributed by atoms with van der Waals surface area (Å²) in [6.07, 6.45) is 3.21. The molecule has 1 spiro atoms. The second-order valence-corrected chi connectivity index (χ2v) is 5.92. The van der Waals surface area contributed by atoms with Crippen LogP contribution in [0.3, 0.4) is 0 Å². The van der Waals surface area contributed by atoms with E-state index in [-0.39, 0.29) is 5.91 Å². The van der Waals surface area contributed by atoms with Crippen molar-refractivity contribution in [3.8, 4) is 0 Å². The molecule has 1 saturated heterocycles. The molecule has 3 rings (SSSR count). The third-order valence-corrected chi connectivity index (χ3v) is 4.41. The van der Waals surface area contributed by atoms with Crippen molar-refractivity contribution < 1.29 is 19.6 Å². The van der Waals surface area contributed by atoms with Crippen LogP contribution in [0, 0.1) is 5.92 Å². The summed E-state index contributed by atoms with van der Waals surface area (Å²) in [4.78, 5) is 22.8. The van der Waals surface area contributed by atoms with E-state index in [0.717, 1.165) is 18.4 Å². The fourth-order valence-corrected chi connectivity index (χ4v) is 3.17. The Balaban J connectivity index is 1.49. The molecule has 0 unspecified atom stereocenters. The summed E-state index contributed by atoms with van der Waals surface area (Å²) in [5.41, 5.74) is 0.944. The summed E-state index contributed by atoms with van der Waals surface area (Å²) in [6.45, 7) is 0. The van der Waals surface area contributed by atoms with Crippen LogP contribution >= 0.6 is 0 Å². The molecule has 1 heterocycles. The first kappa shape index (κ1) is 14.1. The molecule has 21 heavy (non-hydrogen) atoms. The molecule has 1 aromatic rings. The highest BCUT2D eigenvalue weighted by Crippen LogP contribution is 2.42. The molecular formula is C14H17BN2O4. The van der Waals surface area contributed by atoms with E-state index in [4.69, 9.17) is 10.0 Å². The zero-order valence-corrected chi connectivity index (χ0v) is 11.5. The Morgan fingerprint density at radius 2 is 1.86 bits per heavy atom. The van der Waals surface area contributed by atoms with Gasteiger partial charge in [-0.2, -0.15) is 0 Å². The highest BCUT2D eigenvalue weighted by Gasteiger charge is 2.54. The second-order valence-electron chi connectivity index (χ2n) is 5.92. The van der Waals surface area contributed by atoms with Crippen LogP contribution in [-0.4, -0.2) is 34.6 Å². The van der Waals surface area contributed by atoms with Gasteiger partial charge in [-0.25, -0.2) is 4.79 Å². The molecule has 0 aromatic heterocycles. The van der Waals surface area contributed by atoms with Crippen LogP contribution in [0.2, 0.25) is 0 Å². The Bertz CT molecular complexity index is 567. The minimum Gasteiger partial charge on any atom is -0.423 e. The van der Waals surface area contributed by atoms with Crippen molar-refractivity contribution in [2.24, 2.45) is 5.92 Å². The second kappa shape index (κ2) is 5.16. The maximum Gasteiger partial charge on any atom is 0.488 e. The van der Waals surface area contributed by atoms with Gasteiger partial charge in [-0.3, -0.25) is 10.1 Å². The highest BCUT2D eigenvalue weighted by atomic mass is 16.4. The first-order valence-electron chi connectivity index (χ1n) is 7.07. The molecule has 1 saturated carbocycles. The number of hydrogen-bond acceptors (Lipinski definition) is 4. The average molecular weight is 288 g/mol. The zero-order valence-electron chi connectivity index (χ0n) is 11.5. The Labute approximate surface area is 122 Å². The number of benzene rings is 1. The predicted molar refractivity (Wildman–Crippen MR) is 76.7 cm³/mol. The molecule has 0 atom stereocenters. The van der Waals surface area contributed by atoms with E-state index in [1.165, 1.54) is 0 Å². The summed E-state index contributed by atoms with van der Waals surface area (Å²) in [7, 11) is -1.44. The maximum absolute atomic E-state index is 11.7. The van der Waals surface area contributed by atoms with Crippen molar-refractivity contribution in [3.63, 3.8) is 0 Å². The van der Waals surface area contributed by atoms with E-state index >= 15 is 0 Å². The SMILES string of the molecule is O=C1NC(=O)C2(CC(CCc3ccc(B(O)O)cc3)C2)N1. The van der Waals surface area contributed by atoms with Crippen molar-refractivity contribution in [2.75, 3.05) is 0 Å². The molecule has 7 heteroatoms. The molecule has 1 aliphatic heterocycles. The lowest BCUT2D eigenvalue weighted by Crippen LogP contribution is -2.57. The van der Waals surface area contributed by atoms with Crippen LogP contribution in [0.4, 0.5) is 4.79 Å². The van der Waals surface area contributed by atoms with Crippen LogP contribution in [-0.2, 0) is 11.2 Å². The fraction of sp³-hybridized carbons (Fsp3) is 0.429. The molecule has 2 fully saturated rings. The number of amides is 3. The lowest BCUT2D eigenvalue weighted by Gasteiger charge is -2.42. The Kier molecular flexibility index (Phi) is 3.47. The van der Waals surface area contributed by atoms with E-state index in [9.17, 15) is 9.59 Å². The predicted octanol–water partition coefficient (Wildman–Crippen LogP) is -0.713. The van der Waals surface area contributed by atoms with Gasteiger partial charge in [-0.05, 0) is 42.6 Å². The maximum atomic E-state index is 11.7. The van der Waals surface area contributed by atoms with Crippen LogP contribution < -0.4 is 16.1 Å². The molecule has 1 aliphatic carbocycles. The van der Waals surface area contributed by atoms with Gasteiger partial charge in [0.2, 0.25) is 0 Å². The molecule has 6 nitrogen and oxygen atoms in total. The summed E-state index contributed by atoms with van der Waals surface area (Å²) in [5.74, 6) is 0.224. The minimum absolute atomic E-state index is 0.204. The lowest BCUT2D eigenvalue weighted by molar-refractivity contribution is -0.128. The number of aryl methyl sites for hydroxylation is 1. The molecule has 1 aromatic carbocycles. The van der Waals surface area contributed by atoms with Gasteiger partial charge in [-0.15, -0.1) is 0 Å². The Hall–Kier alpha value is -1.86. The van der Waals surface area contributed by atoms with Gasteiger partial charge >= 0.3 is 13.1 Å². The Morgan fingerprint density at radius 3 is 2.38 bits per heavy atom. The summed E-state index contributed by atoms with van der Waals surface area (Å²) in [5, 5.41) is 23.0. The summed E-state index contributed by atoms with van der Waals surface area (Å²) >= 11 is 0. The van der Waals surface area contributed by atoms with E-state index in [0.29, 0.717) is 24.2 Å². The van der Waals surface area contributed by atoms with Crippen LogP contribution in [0.25, 0.3) is 0 Å². The molecule has 0 bridgehead atoms. The monoisotopic (exact) mass is 288 g/mol. The van der Waals surface area contributed by atoms with Gasteiger partial charge in [-0.1, -0.05) is 24.3 Å². The standard InChI is InChI=1S/C14H17BN2O4/c18-12-14(17-13(19)16-12)7-10(8-14)2-1-9-3-5-11(6-4-9)15(20)21/h3-6,10,20-21H,1-2,7-8H2,(H2,16,17,18,19). The van der Waals surface area contributed by atoms with Crippen LogP contribution in [0.5, 0.6) is 0 Å². The molecule has 4 N–H and O–H groups in total. The van der Waals surface area contributed by atoms with Crippen LogP contribution in [0.15, 0.2) is 24.3 Å². The number of urea groups is 1. The number of hydrogen-bond donors (Lipinski definition) is 4. The van der Waals surface area contributed by atoms with Crippen molar-refractivity contribution in [2.45, 2.75) is 31.2 Å². The number of carbonyl (C=O) groups excluding carboxylic acids is 2. The van der Waals surface area contributed by atoms with E-state index in [2.05, 4.69) is 10.6 Å². The van der Waals surface area contributed by atoms with Gasteiger partial charge in [0.15, 0.2) is 0 Å². The zero-order chi connectivity index (χ0) is 15.0. The highest BCUT2D eigenvalue weighted by molar-refractivity contribution is 6.58. The number of carbonyl (C=O) groups is 2. The first-order valence-corrected chi connectivity index (χ1v) is 7.07. The topological polar surface area (TPSA) is 98.7 Å². The fourth-order valence-electron chi connectivity index (χ4n) is 3.17. The van der Waals surface area contributed by atoms with E-state index in [1.54, 1.807) is 12.1 Å². The lowest BCUT2D eigenvalue weighted by atomic mass is 9.66. The number of imide groups is 1. The molecule has 110 valence electrons. The third-order valence-electron chi connectivity index (χ3n) is 4.41. The van der Waals surface area contributed by atoms with Gasteiger partial charge in [0.05, 0.1) is 0 Å². The Morgan fingerprint density at radius 1 is 1.19 bits per heavy atom. The van der Waals surface area contributed by atoms with Crippen molar-refractivity contribution in [3.05, 3.63) is 29.8 Å². The summed E-state index contributed by atoms with van der Waals surface area (Å²) < 4.78 is 0. The van der Waals surface area contributed by atoms with Crippen LogP contribution in [0.1, 0.15) is 24.8 Å². The first-order chi connectivity index (χ1) is 9.98. The largest absolute Gasteiger partial charge is 0.488 e. The minimum atomic E-state index is -1.44. The average Bonchev–Trinajstić information content (AvgIpc) is 2.70. The van der Waals surface area contributed by atoms with Gasteiger partial charge in [0.25, 0.3) is 5.91 Å². The molecule has 0 radical (unpaired) electrons. The van der Waals surface area contributed by atoms with E-state index in [1.807, 2.05) is 12.1 Å². The number of nitrogens with one attached hydrogen (secondary N) is 2. The molecule has 2 aliphatic rings. The number of rotatable bonds is 4.